The van der Waals surface area contributed by atoms with Crippen LogP contribution in [0.25, 0.3) is 22.6 Å². The van der Waals surface area contributed by atoms with Crippen LogP contribution in [0.2, 0.25) is 0 Å². The predicted molar refractivity (Wildman–Crippen MR) is 79.8 cm³/mol. The molecule has 3 rings (SSSR count). The van der Waals surface area contributed by atoms with Gasteiger partial charge >= 0.3 is 0 Å². The second-order valence-corrected chi connectivity index (χ2v) is 4.58. The van der Waals surface area contributed by atoms with Crippen molar-refractivity contribution >= 4 is 5.69 Å². The van der Waals surface area contributed by atoms with Crippen LogP contribution in [0.1, 0.15) is 5.56 Å². The van der Waals surface area contributed by atoms with E-state index in [1.54, 1.807) is 12.4 Å². The van der Waals surface area contributed by atoms with E-state index in [0.29, 0.717) is 5.82 Å². The zero-order valence-corrected chi connectivity index (χ0v) is 11.1. The lowest BCUT2D eigenvalue weighted by Gasteiger charge is -2.07. The fraction of sp³-hybridized carbons (Fsp3) is 0.0625. The Kier molecular flexibility index (Phi) is 3.13. The smallest absolute Gasteiger partial charge is 0.159 e. The monoisotopic (exact) mass is 262 g/mol. The van der Waals surface area contributed by atoms with Gasteiger partial charge in [0.1, 0.15) is 0 Å². The number of aromatic nitrogens is 3. The number of nitrogens with zero attached hydrogens (tertiary/aromatic N) is 3. The van der Waals surface area contributed by atoms with E-state index in [1.807, 2.05) is 49.5 Å². The van der Waals surface area contributed by atoms with Gasteiger partial charge in [0.25, 0.3) is 0 Å². The number of nitrogen functional groups attached to an aromatic ring is 1. The molecule has 0 atom stereocenters. The van der Waals surface area contributed by atoms with E-state index in [-0.39, 0.29) is 0 Å². The fourth-order valence-corrected chi connectivity index (χ4v) is 2.02. The number of benzene rings is 1. The van der Waals surface area contributed by atoms with Gasteiger partial charge in [0.15, 0.2) is 5.82 Å². The van der Waals surface area contributed by atoms with Crippen LogP contribution < -0.4 is 5.73 Å². The summed E-state index contributed by atoms with van der Waals surface area (Å²) in [6.07, 6.45) is 5.37. The van der Waals surface area contributed by atoms with Crippen LogP contribution in [0.3, 0.4) is 0 Å². The number of hydrogen-bond acceptors (Lipinski definition) is 4. The van der Waals surface area contributed by atoms with Crippen molar-refractivity contribution in [2.24, 2.45) is 0 Å². The maximum Gasteiger partial charge on any atom is 0.159 e. The second kappa shape index (κ2) is 5.09. The Labute approximate surface area is 117 Å². The number of pyridine rings is 1. The van der Waals surface area contributed by atoms with Crippen molar-refractivity contribution < 1.29 is 0 Å². The molecule has 4 heteroatoms. The Morgan fingerprint density at radius 1 is 0.900 bits per heavy atom. The molecule has 1 aromatic carbocycles. The quantitative estimate of drug-likeness (QED) is 0.721. The number of anilines is 1. The van der Waals surface area contributed by atoms with Gasteiger partial charge < -0.3 is 5.73 Å². The van der Waals surface area contributed by atoms with Gasteiger partial charge in [-0.25, -0.2) is 9.97 Å². The normalized spacial score (nSPS) is 10.4. The van der Waals surface area contributed by atoms with Gasteiger partial charge in [-0.05, 0) is 48.9 Å². The first-order chi connectivity index (χ1) is 9.74. The van der Waals surface area contributed by atoms with Gasteiger partial charge in [0.05, 0.1) is 5.69 Å². The minimum Gasteiger partial charge on any atom is -0.399 e. The van der Waals surface area contributed by atoms with E-state index in [0.717, 1.165) is 28.1 Å². The molecule has 2 aromatic heterocycles. The molecule has 98 valence electrons. The average molecular weight is 262 g/mol. The summed E-state index contributed by atoms with van der Waals surface area (Å²) < 4.78 is 0. The van der Waals surface area contributed by atoms with E-state index >= 15 is 0 Å². The van der Waals surface area contributed by atoms with Crippen LogP contribution >= 0.6 is 0 Å². The maximum atomic E-state index is 5.70. The van der Waals surface area contributed by atoms with Crippen molar-refractivity contribution in [1.82, 2.24) is 15.0 Å². The van der Waals surface area contributed by atoms with Gasteiger partial charge in [-0.3, -0.25) is 4.98 Å². The minimum absolute atomic E-state index is 0.697. The second-order valence-electron chi connectivity index (χ2n) is 4.58. The molecule has 0 saturated carbocycles. The molecular weight excluding hydrogens is 248 g/mol. The third-order valence-corrected chi connectivity index (χ3v) is 3.09. The Morgan fingerprint density at radius 3 is 2.30 bits per heavy atom. The van der Waals surface area contributed by atoms with E-state index < -0.39 is 0 Å². The molecular formula is C16H14N4. The molecule has 2 heterocycles. The highest BCUT2D eigenvalue weighted by Crippen LogP contribution is 2.23. The molecule has 0 spiro atoms. The lowest BCUT2D eigenvalue weighted by atomic mass is 10.1. The molecule has 20 heavy (non-hydrogen) atoms. The zero-order valence-electron chi connectivity index (χ0n) is 11.1. The molecule has 0 aliphatic carbocycles. The van der Waals surface area contributed by atoms with Crippen molar-refractivity contribution in [3.63, 3.8) is 0 Å². The molecule has 0 fully saturated rings. The minimum atomic E-state index is 0.697. The third-order valence-electron chi connectivity index (χ3n) is 3.09. The Morgan fingerprint density at radius 2 is 1.60 bits per heavy atom. The summed E-state index contributed by atoms with van der Waals surface area (Å²) in [7, 11) is 0. The molecule has 0 bridgehead atoms. The van der Waals surface area contributed by atoms with Gasteiger partial charge in [0, 0.05) is 35.4 Å². The molecule has 0 radical (unpaired) electrons. The van der Waals surface area contributed by atoms with E-state index in [2.05, 4.69) is 15.0 Å². The summed E-state index contributed by atoms with van der Waals surface area (Å²) in [5.41, 5.74) is 10.4. The number of nitrogens with two attached hydrogens (primary N) is 1. The summed E-state index contributed by atoms with van der Waals surface area (Å²) in [6, 6.07) is 11.5. The largest absolute Gasteiger partial charge is 0.399 e. The summed E-state index contributed by atoms with van der Waals surface area (Å²) in [6.45, 7) is 2.00. The van der Waals surface area contributed by atoms with E-state index in [9.17, 15) is 0 Å². The van der Waals surface area contributed by atoms with Gasteiger partial charge in [-0.2, -0.15) is 0 Å². The number of hydrogen-bond donors (Lipinski definition) is 1. The highest BCUT2D eigenvalue weighted by atomic mass is 14.9. The lowest BCUT2D eigenvalue weighted by Crippen LogP contribution is -1.95. The standard InChI is InChI=1S/C16H14N4/c1-11-10-19-16(13-2-4-14(17)5-3-13)20-15(11)12-6-8-18-9-7-12/h2-10H,17H2,1H3. The van der Waals surface area contributed by atoms with Crippen LogP contribution in [-0.2, 0) is 0 Å². The van der Waals surface area contributed by atoms with Crippen LogP contribution in [0.5, 0.6) is 0 Å². The van der Waals surface area contributed by atoms with Crippen molar-refractivity contribution in [2.45, 2.75) is 6.92 Å². The molecule has 0 unspecified atom stereocenters. The SMILES string of the molecule is Cc1cnc(-c2ccc(N)cc2)nc1-c1ccncc1. The van der Waals surface area contributed by atoms with Crippen LogP contribution in [-0.4, -0.2) is 15.0 Å². The maximum absolute atomic E-state index is 5.70. The van der Waals surface area contributed by atoms with E-state index in [4.69, 9.17) is 5.73 Å². The molecule has 0 saturated heterocycles. The van der Waals surface area contributed by atoms with Crippen molar-refractivity contribution in [2.75, 3.05) is 5.73 Å². The highest BCUT2D eigenvalue weighted by Gasteiger charge is 2.07. The average Bonchev–Trinajstić information content (AvgIpc) is 2.50. The van der Waals surface area contributed by atoms with Gasteiger partial charge in [-0.15, -0.1) is 0 Å². The Hall–Kier alpha value is -2.75. The predicted octanol–water partition coefficient (Wildman–Crippen LogP) is 3.10. The van der Waals surface area contributed by atoms with E-state index in [1.165, 1.54) is 0 Å². The molecule has 4 nitrogen and oxygen atoms in total. The first-order valence-corrected chi connectivity index (χ1v) is 6.34. The van der Waals surface area contributed by atoms with Crippen LogP contribution in [0.4, 0.5) is 5.69 Å². The summed E-state index contributed by atoms with van der Waals surface area (Å²) in [4.78, 5) is 13.1. The summed E-state index contributed by atoms with van der Waals surface area (Å²) in [5.74, 6) is 0.697. The number of aryl methyl sites for hydroxylation is 1. The third kappa shape index (κ3) is 2.36. The van der Waals surface area contributed by atoms with Crippen molar-refractivity contribution in [3.8, 4) is 22.6 Å². The Bertz CT molecular complexity index is 721. The molecule has 0 aliphatic heterocycles. The van der Waals surface area contributed by atoms with Crippen molar-refractivity contribution in [3.05, 3.63) is 60.6 Å². The molecule has 3 aromatic rings. The molecule has 0 amide bonds. The van der Waals surface area contributed by atoms with Gasteiger partial charge in [0.2, 0.25) is 0 Å². The summed E-state index contributed by atoms with van der Waals surface area (Å²) in [5, 5.41) is 0. The Balaban J connectivity index is 2.09. The first kappa shape index (κ1) is 12.3. The number of rotatable bonds is 2. The lowest BCUT2D eigenvalue weighted by molar-refractivity contribution is 1.14. The fourth-order valence-electron chi connectivity index (χ4n) is 2.02. The topological polar surface area (TPSA) is 64.7 Å². The van der Waals surface area contributed by atoms with Crippen molar-refractivity contribution in [1.29, 1.82) is 0 Å². The summed E-state index contributed by atoms with van der Waals surface area (Å²) >= 11 is 0. The van der Waals surface area contributed by atoms with Gasteiger partial charge in [-0.1, -0.05) is 0 Å². The highest BCUT2D eigenvalue weighted by molar-refractivity contribution is 5.66. The zero-order chi connectivity index (χ0) is 13.9. The first-order valence-electron chi connectivity index (χ1n) is 6.34. The molecule has 0 aliphatic rings. The van der Waals surface area contributed by atoms with Crippen LogP contribution in [0, 0.1) is 6.92 Å². The molecule has 2 N–H and O–H groups in total. The van der Waals surface area contributed by atoms with Crippen LogP contribution in [0.15, 0.2) is 55.0 Å².